The molecule has 5 heteroatoms. The number of carbonyl (C=O) groups excluding carboxylic acids is 2. The van der Waals surface area contributed by atoms with Crippen LogP contribution in [0.2, 0.25) is 0 Å². The first kappa shape index (κ1) is 15.7. The van der Waals surface area contributed by atoms with Crippen LogP contribution in [0, 0.1) is 0 Å². The molecule has 0 saturated carbocycles. The van der Waals surface area contributed by atoms with Crippen molar-refractivity contribution in [2.75, 3.05) is 6.26 Å². The molecule has 4 nitrogen and oxygen atoms in total. The molecule has 0 spiro atoms. The molecular weight excluding hydrogens is 332 g/mol. The predicted molar refractivity (Wildman–Crippen MR) is 101 cm³/mol. The summed E-state index contributed by atoms with van der Waals surface area (Å²) in [5.41, 5.74) is 3.44. The van der Waals surface area contributed by atoms with Crippen molar-refractivity contribution < 1.29 is 9.59 Å². The number of rotatable bonds is 3. The molecule has 0 fully saturated rings. The summed E-state index contributed by atoms with van der Waals surface area (Å²) in [7, 11) is 1.94. The number of hydrogen-bond donors (Lipinski definition) is 1. The van der Waals surface area contributed by atoms with Gasteiger partial charge in [-0.25, -0.2) is 0 Å². The van der Waals surface area contributed by atoms with Gasteiger partial charge in [-0.15, -0.1) is 11.8 Å². The maximum Gasteiger partial charge on any atom is 0.259 e. The van der Waals surface area contributed by atoms with Gasteiger partial charge in [0.05, 0.1) is 11.1 Å². The summed E-state index contributed by atoms with van der Waals surface area (Å²) in [5.74, 6) is -0.685. The zero-order valence-corrected chi connectivity index (χ0v) is 14.7. The van der Waals surface area contributed by atoms with Crippen LogP contribution >= 0.6 is 11.8 Å². The van der Waals surface area contributed by atoms with E-state index in [9.17, 15) is 9.59 Å². The topological polar surface area (TPSA) is 51.1 Å². The average molecular weight is 348 g/mol. The third kappa shape index (κ3) is 2.48. The summed E-state index contributed by atoms with van der Waals surface area (Å²) in [4.78, 5) is 26.1. The molecule has 3 aromatic rings. The highest BCUT2D eigenvalue weighted by molar-refractivity contribution is 7.98. The number of para-hydroxylation sites is 1. The van der Waals surface area contributed by atoms with Gasteiger partial charge < -0.3 is 4.57 Å². The molecule has 2 aromatic carbocycles. The number of nitrogens with one attached hydrogen (secondary N) is 1. The van der Waals surface area contributed by atoms with E-state index in [0.29, 0.717) is 11.1 Å². The Balaban J connectivity index is 1.98. The van der Waals surface area contributed by atoms with Crippen LogP contribution in [0.3, 0.4) is 0 Å². The smallest absolute Gasteiger partial charge is 0.259 e. The molecule has 0 atom stereocenters. The van der Waals surface area contributed by atoms with E-state index in [1.54, 1.807) is 11.8 Å². The highest BCUT2D eigenvalue weighted by atomic mass is 32.2. The van der Waals surface area contributed by atoms with Gasteiger partial charge in [-0.2, -0.15) is 0 Å². The normalized spacial score (nSPS) is 14.5. The number of carbonyl (C=O) groups is 2. The number of hydrogen-bond acceptors (Lipinski definition) is 3. The molecule has 0 saturated heterocycles. The number of thioether (sulfide) groups is 1. The molecule has 1 aromatic heterocycles. The molecule has 0 aliphatic carbocycles. The van der Waals surface area contributed by atoms with Crippen molar-refractivity contribution in [3.8, 4) is 0 Å². The van der Waals surface area contributed by atoms with Crippen LogP contribution in [0.4, 0.5) is 0 Å². The predicted octanol–water partition coefficient (Wildman–Crippen LogP) is 3.47. The van der Waals surface area contributed by atoms with E-state index in [4.69, 9.17) is 0 Å². The lowest BCUT2D eigenvalue weighted by Gasteiger charge is -2.05. The number of aromatic nitrogens is 1. The number of nitrogens with zero attached hydrogens (tertiary/aromatic N) is 1. The number of aryl methyl sites for hydroxylation is 1. The highest BCUT2D eigenvalue weighted by Crippen LogP contribution is 2.36. The van der Waals surface area contributed by atoms with Crippen LogP contribution in [0.25, 0.3) is 22.0 Å². The summed E-state index contributed by atoms with van der Waals surface area (Å²) in [6, 6.07) is 15.6. The van der Waals surface area contributed by atoms with Crippen LogP contribution in [-0.4, -0.2) is 22.6 Å². The zero-order valence-electron chi connectivity index (χ0n) is 13.9. The molecule has 1 aliphatic heterocycles. The van der Waals surface area contributed by atoms with Crippen molar-refractivity contribution in [3.05, 3.63) is 65.9 Å². The summed E-state index contributed by atoms with van der Waals surface area (Å²) in [5, 5.41) is 3.41. The molecule has 1 aliphatic rings. The van der Waals surface area contributed by atoms with Gasteiger partial charge >= 0.3 is 0 Å². The highest BCUT2D eigenvalue weighted by Gasteiger charge is 2.33. The molecule has 0 radical (unpaired) electrons. The molecule has 1 N–H and O–H groups in total. The third-order valence-corrected chi connectivity index (χ3v) is 5.22. The average Bonchev–Trinajstić information content (AvgIpc) is 3.11. The number of benzene rings is 2. The van der Waals surface area contributed by atoms with E-state index in [1.807, 2.05) is 72.6 Å². The lowest BCUT2D eigenvalue weighted by molar-refractivity contribution is -0.122. The lowest BCUT2D eigenvalue weighted by atomic mass is 9.96. The molecule has 2 heterocycles. The Kier molecular flexibility index (Phi) is 3.73. The minimum atomic E-state index is -0.343. The second-order valence-electron chi connectivity index (χ2n) is 5.93. The quantitative estimate of drug-likeness (QED) is 0.582. The van der Waals surface area contributed by atoms with Gasteiger partial charge in [0.15, 0.2) is 0 Å². The molecule has 25 heavy (non-hydrogen) atoms. The Morgan fingerprint density at radius 2 is 1.60 bits per heavy atom. The molecule has 124 valence electrons. The van der Waals surface area contributed by atoms with Crippen LogP contribution in [0.1, 0.15) is 11.1 Å². The number of fused-ring (bicyclic) bond motifs is 1. The second-order valence-corrected chi connectivity index (χ2v) is 6.81. The van der Waals surface area contributed by atoms with Crippen LogP contribution in [0.15, 0.2) is 59.6 Å². The molecular formula is C20H16N2O2S. The first-order valence-electron chi connectivity index (χ1n) is 7.89. The van der Waals surface area contributed by atoms with Gasteiger partial charge in [-0.05, 0) is 30.0 Å². The standard InChI is InChI=1S/C20H16N2O2S/c1-22-11-15(14-5-3-4-6-16(14)22)18-17(19(23)21-20(18)24)12-7-9-13(25-2)10-8-12/h3-11H,1-2H3,(H,21,23,24). The minimum absolute atomic E-state index is 0.342. The van der Waals surface area contributed by atoms with Gasteiger partial charge in [0, 0.05) is 34.6 Å². The van der Waals surface area contributed by atoms with E-state index in [2.05, 4.69) is 5.32 Å². The SMILES string of the molecule is CSc1ccc(C2=C(c3cn(C)c4ccccc34)C(=O)NC2=O)cc1. The second kappa shape index (κ2) is 5.93. The Morgan fingerprint density at radius 1 is 0.920 bits per heavy atom. The number of amides is 2. The molecule has 2 amide bonds. The van der Waals surface area contributed by atoms with E-state index in [-0.39, 0.29) is 11.8 Å². The van der Waals surface area contributed by atoms with Crippen molar-refractivity contribution in [2.45, 2.75) is 4.90 Å². The van der Waals surface area contributed by atoms with E-state index >= 15 is 0 Å². The van der Waals surface area contributed by atoms with Gasteiger partial charge in [0.1, 0.15) is 0 Å². The largest absolute Gasteiger partial charge is 0.350 e. The molecule has 0 unspecified atom stereocenters. The molecule has 0 bridgehead atoms. The summed E-state index contributed by atoms with van der Waals surface area (Å²) < 4.78 is 1.97. The zero-order chi connectivity index (χ0) is 17.6. The lowest BCUT2D eigenvalue weighted by Crippen LogP contribution is -2.22. The van der Waals surface area contributed by atoms with Crippen molar-refractivity contribution in [3.63, 3.8) is 0 Å². The van der Waals surface area contributed by atoms with Gasteiger partial charge in [-0.3, -0.25) is 14.9 Å². The van der Waals surface area contributed by atoms with Crippen molar-refractivity contribution in [1.29, 1.82) is 0 Å². The van der Waals surface area contributed by atoms with Crippen molar-refractivity contribution >= 4 is 45.6 Å². The Bertz CT molecular complexity index is 1050. The van der Waals surface area contributed by atoms with E-state index in [1.165, 1.54) is 0 Å². The first-order valence-corrected chi connectivity index (χ1v) is 9.11. The minimum Gasteiger partial charge on any atom is -0.350 e. The summed E-state index contributed by atoms with van der Waals surface area (Å²) in [6.07, 6.45) is 3.91. The monoisotopic (exact) mass is 348 g/mol. The fourth-order valence-corrected chi connectivity index (χ4v) is 3.69. The number of imide groups is 1. The van der Waals surface area contributed by atoms with Crippen LogP contribution < -0.4 is 5.32 Å². The Labute approximate surface area is 149 Å². The Hall–Kier alpha value is -2.79. The van der Waals surface area contributed by atoms with E-state index < -0.39 is 0 Å². The Morgan fingerprint density at radius 3 is 2.32 bits per heavy atom. The van der Waals surface area contributed by atoms with Gasteiger partial charge in [-0.1, -0.05) is 30.3 Å². The summed E-state index contributed by atoms with van der Waals surface area (Å²) in [6.45, 7) is 0. The fourth-order valence-electron chi connectivity index (χ4n) is 3.29. The van der Waals surface area contributed by atoms with Crippen molar-refractivity contribution in [1.82, 2.24) is 9.88 Å². The third-order valence-electron chi connectivity index (χ3n) is 4.48. The molecule has 4 rings (SSSR count). The van der Waals surface area contributed by atoms with Crippen LogP contribution in [0.5, 0.6) is 0 Å². The van der Waals surface area contributed by atoms with Gasteiger partial charge in [0.2, 0.25) is 0 Å². The van der Waals surface area contributed by atoms with Crippen molar-refractivity contribution in [2.24, 2.45) is 7.05 Å². The van der Waals surface area contributed by atoms with Gasteiger partial charge in [0.25, 0.3) is 11.8 Å². The van der Waals surface area contributed by atoms with E-state index in [0.717, 1.165) is 26.9 Å². The first-order chi connectivity index (χ1) is 12.1. The fraction of sp³-hybridized carbons (Fsp3) is 0.100. The summed E-state index contributed by atoms with van der Waals surface area (Å²) >= 11 is 1.64. The maximum absolute atomic E-state index is 12.5. The van der Waals surface area contributed by atoms with Crippen LogP contribution in [-0.2, 0) is 16.6 Å². The maximum atomic E-state index is 12.5.